The van der Waals surface area contributed by atoms with Gasteiger partial charge in [0.1, 0.15) is 5.60 Å². The molecule has 0 unspecified atom stereocenters. The minimum atomic E-state index is -4.65. The molecule has 2 N–H and O–H groups in total. The number of rotatable bonds is 2. The van der Waals surface area contributed by atoms with Gasteiger partial charge in [-0.15, -0.1) is 0 Å². The largest absolute Gasteiger partial charge is 0.481 e. The Bertz CT molecular complexity index is 361. The lowest BCUT2D eigenvalue weighted by Gasteiger charge is -2.19. The predicted octanol–water partition coefficient (Wildman–Crippen LogP) is 1.77. The van der Waals surface area contributed by atoms with Gasteiger partial charge >= 0.3 is 18.2 Å². The van der Waals surface area contributed by atoms with Crippen LogP contribution in [-0.4, -0.2) is 35.0 Å². The molecule has 1 fully saturated rings. The van der Waals surface area contributed by atoms with Crippen LogP contribution in [0.2, 0.25) is 0 Å². The fourth-order valence-corrected chi connectivity index (χ4v) is 1.65. The van der Waals surface area contributed by atoms with Gasteiger partial charge < -0.3 is 15.2 Å². The number of nitrogens with one attached hydrogen (secondary N) is 1. The van der Waals surface area contributed by atoms with Gasteiger partial charge in [-0.25, -0.2) is 4.79 Å². The number of carboxylic acids is 1. The van der Waals surface area contributed by atoms with E-state index in [2.05, 4.69) is 0 Å². The van der Waals surface area contributed by atoms with E-state index in [4.69, 9.17) is 9.84 Å². The van der Waals surface area contributed by atoms with Crippen molar-refractivity contribution < 1.29 is 32.6 Å². The van der Waals surface area contributed by atoms with Gasteiger partial charge in [-0.2, -0.15) is 13.2 Å². The van der Waals surface area contributed by atoms with Crippen molar-refractivity contribution in [2.75, 3.05) is 0 Å². The van der Waals surface area contributed by atoms with Gasteiger partial charge in [-0.3, -0.25) is 4.79 Å². The maximum absolute atomic E-state index is 12.4. The zero-order valence-electron chi connectivity index (χ0n) is 10.0. The molecule has 0 aromatic heterocycles. The van der Waals surface area contributed by atoms with Crippen LogP contribution >= 0.6 is 0 Å². The normalized spacial score (nSPS) is 27.6. The summed E-state index contributed by atoms with van der Waals surface area (Å²) >= 11 is 0. The van der Waals surface area contributed by atoms with E-state index in [-0.39, 0.29) is 0 Å². The molecular formula is C10H14F3NO4. The van der Waals surface area contributed by atoms with Crippen molar-refractivity contribution in [1.82, 2.24) is 5.32 Å². The molecule has 0 spiro atoms. The summed E-state index contributed by atoms with van der Waals surface area (Å²) in [5.74, 6) is -5.28. The molecule has 1 aliphatic carbocycles. The summed E-state index contributed by atoms with van der Waals surface area (Å²) in [6, 6.07) is -1.46. The maximum atomic E-state index is 12.4. The second kappa shape index (κ2) is 4.33. The number of alkyl carbamates (subject to hydrolysis) is 1. The third-order valence-corrected chi connectivity index (χ3v) is 2.37. The second-order valence-corrected chi connectivity index (χ2v) is 5.10. The van der Waals surface area contributed by atoms with E-state index in [9.17, 15) is 22.8 Å². The third-order valence-electron chi connectivity index (χ3n) is 2.37. The first kappa shape index (κ1) is 14.6. The lowest BCUT2D eigenvalue weighted by atomic mass is 10.2. The molecule has 1 aliphatic rings. The number of alkyl halides is 3. The van der Waals surface area contributed by atoms with Crippen molar-refractivity contribution in [1.29, 1.82) is 0 Å². The molecule has 104 valence electrons. The van der Waals surface area contributed by atoms with E-state index in [1.54, 1.807) is 20.8 Å². The number of carbonyl (C=O) groups excluding carboxylic acids is 1. The molecule has 18 heavy (non-hydrogen) atoms. The highest BCUT2D eigenvalue weighted by Crippen LogP contribution is 2.50. The fourth-order valence-electron chi connectivity index (χ4n) is 1.65. The summed E-state index contributed by atoms with van der Waals surface area (Å²) in [6.45, 7) is 4.65. The average Bonchev–Trinajstić information content (AvgIpc) is 2.73. The first-order chi connectivity index (χ1) is 7.93. The Morgan fingerprint density at radius 3 is 2.00 bits per heavy atom. The van der Waals surface area contributed by atoms with Crippen LogP contribution in [0, 0.1) is 11.8 Å². The third kappa shape index (κ3) is 3.51. The molecule has 3 atom stereocenters. The molecule has 0 saturated heterocycles. The minimum Gasteiger partial charge on any atom is -0.481 e. The number of carboxylic acid groups (broad SMARTS) is 1. The minimum absolute atomic E-state index is 0.856. The van der Waals surface area contributed by atoms with E-state index < -0.39 is 41.7 Å². The van der Waals surface area contributed by atoms with Gasteiger partial charge in [0.15, 0.2) is 0 Å². The van der Waals surface area contributed by atoms with E-state index in [1.165, 1.54) is 0 Å². The van der Waals surface area contributed by atoms with Gasteiger partial charge in [0.25, 0.3) is 0 Å². The Morgan fingerprint density at radius 1 is 1.22 bits per heavy atom. The Kier molecular flexibility index (Phi) is 3.51. The molecular weight excluding hydrogens is 255 g/mol. The summed E-state index contributed by atoms with van der Waals surface area (Å²) in [7, 11) is 0. The first-order valence-corrected chi connectivity index (χ1v) is 5.22. The zero-order chi connectivity index (χ0) is 14.3. The van der Waals surface area contributed by atoms with E-state index in [0.717, 1.165) is 0 Å². The monoisotopic (exact) mass is 269 g/mol. The lowest BCUT2D eigenvalue weighted by Crippen LogP contribution is -2.36. The number of halogens is 3. The molecule has 0 bridgehead atoms. The van der Waals surface area contributed by atoms with Crippen LogP contribution in [0.25, 0.3) is 0 Å². The number of amides is 1. The number of carbonyl (C=O) groups is 2. The van der Waals surface area contributed by atoms with Crippen molar-refractivity contribution in [3.8, 4) is 0 Å². The molecule has 0 heterocycles. The fraction of sp³-hybridized carbons (Fsp3) is 0.800. The van der Waals surface area contributed by atoms with Gasteiger partial charge in [0.05, 0.1) is 17.9 Å². The molecule has 1 saturated carbocycles. The van der Waals surface area contributed by atoms with Crippen LogP contribution in [-0.2, 0) is 9.53 Å². The Hall–Kier alpha value is -1.47. The smallest absolute Gasteiger partial charge is 0.407 e. The van der Waals surface area contributed by atoms with Crippen LogP contribution < -0.4 is 5.32 Å². The molecule has 0 aliphatic heterocycles. The molecule has 5 nitrogen and oxygen atoms in total. The molecule has 8 heteroatoms. The highest BCUT2D eigenvalue weighted by atomic mass is 19.4. The Labute approximate surface area is 101 Å². The van der Waals surface area contributed by atoms with Gasteiger partial charge in [0.2, 0.25) is 0 Å². The van der Waals surface area contributed by atoms with E-state index >= 15 is 0 Å². The van der Waals surface area contributed by atoms with Crippen LogP contribution in [0.3, 0.4) is 0 Å². The van der Waals surface area contributed by atoms with Crippen molar-refractivity contribution in [3.63, 3.8) is 0 Å². The molecule has 1 rings (SSSR count). The summed E-state index contributed by atoms with van der Waals surface area (Å²) < 4.78 is 42.1. The number of aliphatic carboxylic acids is 1. The quantitative estimate of drug-likeness (QED) is 0.801. The second-order valence-electron chi connectivity index (χ2n) is 5.10. The molecule has 0 aromatic carbocycles. The average molecular weight is 269 g/mol. The van der Waals surface area contributed by atoms with Crippen molar-refractivity contribution >= 4 is 12.1 Å². The van der Waals surface area contributed by atoms with Gasteiger partial charge in [-0.05, 0) is 20.8 Å². The van der Waals surface area contributed by atoms with Crippen molar-refractivity contribution in [2.45, 2.75) is 38.6 Å². The first-order valence-electron chi connectivity index (χ1n) is 5.22. The summed E-state index contributed by atoms with van der Waals surface area (Å²) in [6.07, 6.45) is -5.70. The predicted molar refractivity (Wildman–Crippen MR) is 53.8 cm³/mol. The van der Waals surface area contributed by atoms with Crippen molar-refractivity contribution in [2.24, 2.45) is 11.8 Å². The van der Waals surface area contributed by atoms with E-state index in [1.807, 2.05) is 5.32 Å². The number of hydrogen-bond donors (Lipinski definition) is 2. The van der Waals surface area contributed by atoms with Crippen LogP contribution in [0.4, 0.5) is 18.0 Å². The van der Waals surface area contributed by atoms with Gasteiger partial charge in [0, 0.05) is 0 Å². The van der Waals surface area contributed by atoms with Crippen LogP contribution in [0.15, 0.2) is 0 Å². The standard InChI is InChI=1S/C10H14F3NO4/c1-9(2,3)18-8(17)14-6-4(7(15)16)5(6)10(11,12)13/h4-6H,1-3H3,(H,14,17)(H,15,16)/t4-,5-,6-/m1/s1. The summed E-state index contributed by atoms with van der Waals surface area (Å²) in [4.78, 5) is 21.9. The van der Waals surface area contributed by atoms with Crippen LogP contribution in [0.5, 0.6) is 0 Å². The van der Waals surface area contributed by atoms with Crippen LogP contribution in [0.1, 0.15) is 20.8 Å². The SMILES string of the molecule is CC(C)(C)OC(=O)N[C@@H]1[C@H](C(=O)O)[C@H]1C(F)(F)F. The topological polar surface area (TPSA) is 75.6 Å². The van der Waals surface area contributed by atoms with Gasteiger partial charge in [-0.1, -0.05) is 0 Å². The Balaban J connectivity index is 2.63. The summed E-state index contributed by atoms with van der Waals surface area (Å²) in [5.41, 5.74) is -0.856. The highest BCUT2D eigenvalue weighted by molar-refractivity contribution is 5.78. The Morgan fingerprint density at radius 2 is 1.72 bits per heavy atom. The van der Waals surface area contributed by atoms with Crippen molar-refractivity contribution in [3.05, 3.63) is 0 Å². The maximum Gasteiger partial charge on any atom is 0.407 e. The zero-order valence-corrected chi connectivity index (χ0v) is 10.0. The molecule has 1 amide bonds. The van der Waals surface area contributed by atoms with E-state index in [0.29, 0.717) is 0 Å². The number of ether oxygens (including phenoxy) is 1. The summed E-state index contributed by atoms with van der Waals surface area (Å²) in [5, 5.41) is 10.5. The molecule has 0 radical (unpaired) electrons. The highest BCUT2D eigenvalue weighted by Gasteiger charge is 2.68. The number of hydrogen-bond acceptors (Lipinski definition) is 3. The lowest BCUT2D eigenvalue weighted by molar-refractivity contribution is -0.160. The molecule has 0 aromatic rings.